The summed E-state index contributed by atoms with van der Waals surface area (Å²) in [5, 5.41) is 10.3. The van der Waals surface area contributed by atoms with Crippen molar-refractivity contribution in [3.8, 4) is 0 Å². The molecule has 3 rings (SSSR count). The maximum Gasteiger partial charge on any atom is 0.347 e. The molecule has 0 bridgehead atoms. The summed E-state index contributed by atoms with van der Waals surface area (Å²) in [6.07, 6.45) is 3.97. The fourth-order valence-electron chi connectivity index (χ4n) is 2.88. The maximum absolute atomic E-state index is 11.3. The van der Waals surface area contributed by atoms with Crippen molar-refractivity contribution in [1.82, 2.24) is 4.98 Å². The van der Waals surface area contributed by atoms with E-state index in [0.717, 1.165) is 23.5 Å². The van der Waals surface area contributed by atoms with Crippen LogP contribution in [0.5, 0.6) is 0 Å². The Kier molecular flexibility index (Phi) is 3.34. The van der Waals surface area contributed by atoms with E-state index in [4.69, 9.17) is 0 Å². The quantitative estimate of drug-likeness (QED) is 0.928. The van der Waals surface area contributed by atoms with Crippen molar-refractivity contribution in [1.29, 1.82) is 0 Å². The first-order valence-corrected chi connectivity index (χ1v) is 7.78. The summed E-state index contributed by atoms with van der Waals surface area (Å²) >= 11 is 1.36. The van der Waals surface area contributed by atoms with Gasteiger partial charge in [-0.1, -0.05) is 43.7 Å². The van der Waals surface area contributed by atoms with Gasteiger partial charge in [0.1, 0.15) is 9.88 Å². The number of aryl methyl sites for hydroxylation is 1. The number of hydrogen-bond donors (Lipinski definition) is 1. The number of carbonyl (C=O) groups is 1. The summed E-state index contributed by atoms with van der Waals surface area (Å²) < 4.78 is 0. The van der Waals surface area contributed by atoms with Crippen molar-refractivity contribution >= 4 is 17.3 Å². The van der Waals surface area contributed by atoms with Gasteiger partial charge in [0.25, 0.3) is 0 Å². The molecule has 3 nitrogen and oxygen atoms in total. The largest absolute Gasteiger partial charge is 0.477 e. The fourth-order valence-corrected chi connectivity index (χ4v) is 4.14. The predicted octanol–water partition coefficient (Wildman–Crippen LogP) is 3.87. The SMILES string of the molecule is CCc1nc(C2(c3ccccc3)CCC2)sc1C(=O)O. The van der Waals surface area contributed by atoms with E-state index in [2.05, 4.69) is 17.1 Å². The van der Waals surface area contributed by atoms with Gasteiger partial charge in [-0.15, -0.1) is 11.3 Å². The minimum atomic E-state index is -0.854. The Hall–Kier alpha value is -1.68. The molecule has 1 aliphatic rings. The summed E-state index contributed by atoms with van der Waals surface area (Å²) in [7, 11) is 0. The number of thiazole rings is 1. The zero-order chi connectivity index (χ0) is 14.2. The van der Waals surface area contributed by atoms with Crippen molar-refractivity contribution in [2.45, 2.75) is 38.0 Å². The average Bonchev–Trinajstić information content (AvgIpc) is 2.83. The lowest BCUT2D eigenvalue weighted by atomic mass is 9.65. The van der Waals surface area contributed by atoms with Crippen LogP contribution in [-0.2, 0) is 11.8 Å². The highest BCUT2D eigenvalue weighted by molar-refractivity contribution is 7.13. The number of carboxylic acids is 1. The molecular weight excluding hydrogens is 270 g/mol. The van der Waals surface area contributed by atoms with Gasteiger partial charge in [0.2, 0.25) is 0 Å². The van der Waals surface area contributed by atoms with Crippen molar-refractivity contribution in [2.24, 2.45) is 0 Å². The van der Waals surface area contributed by atoms with Crippen LogP contribution in [0.3, 0.4) is 0 Å². The first kappa shape index (κ1) is 13.3. The van der Waals surface area contributed by atoms with E-state index >= 15 is 0 Å². The lowest BCUT2D eigenvalue weighted by Crippen LogP contribution is -2.35. The van der Waals surface area contributed by atoms with Gasteiger partial charge in [-0.2, -0.15) is 0 Å². The van der Waals surface area contributed by atoms with Crippen LogP contribution in [0.15, 0.2) is 30.3 Å². The van der Waals surface area contributed by atoms with Gasteiger partial charge in [0.15, 0.2) is 0 Å². The van der Waals surface area contributed by atoms with Gasteiger partial charge in [0.05, 0.1) is 5.69 Å². The molecule has 4 heteroatoms. The average molecular weight is 287 g/mol. The minimum Gasteiger partial charge on any atom is -0.477 e. The third kappa shape index (κ3) is 1.95. The number of rotatable bonds is 4. The van der Waals surface area contributed by atoms with Crippen LogP contribution in [-0.4, -0.2) is 16.1 Å². The maximum atomic E-state index is 11.3. The van der Waals surface area contributed by atoms with Crippen LogP contribution in [0.25, 0.3) is 0 Å². The summed E-state index contributed by atoms with van der Waals surface area (Å²) in [5.41, 5.74) is 1.93. The smallest absolute Gasteiger partial charge is 0.347 e. The lowest BCUT2D eigenvalue weighted by molar-refractivity contribution is 0.0701. The molecule has 1 aromatic heterocycles. The number of carboxylic acid groups (broad SMARTS) is 1. The van der Waals surface area contributed by atoms with Gasteiger partial charge in [-0.3, -0.25) is 0 Å². The highest BCUT2D eigenvalue weighted by Crippen LogP contribution is 2.50. The molecule has 1 fully saturated rings. The molecule has 104 valence electrons. The number of nitrogens with zero attached hydrogens (tertiary/aromatic N) is 1. The van der Waals surface area contributed by atoms with Crippen LogP contribution in [0.1, 0.15) is 52.1 Å². The summed E-state index contributed by atoms with van der Waals surface area (Å²) in [6, 6.07) is 10.4. The standard InChI is InChI=1S/C16H17NO2S/c1-2-12-13(14(18)19)20-15(17-12)16(9-6-10-16)11-7-4-3-5-8-11/h3-5,7-8H,2,6,9-10H2,1H3,(H,18,19). The number of hydrogen-bond acceptors (Lipinski definition) is 3. The molecule has 0 amide bonds. The monoisotopic (exact) mass is 287 g/mol. The minimum absolute atomic E-state index is 0.0520. The molecule has 0 unspecified atom stereocenters. The number of benzene rings is 1. The molecule has 0 aliphatic heterocycles. The topological polar surface area (TPSA) is 50.2 Å². The van der Waals surface area contributed by atoms with E-state index in [1.54, 1.807) is 0 Å². The molecule has 1 aromatic carbocycles. The first-order valence-electron chi connectivity index (χ1n) is 6.96. The van der Waals surface area contributed by atoms with E-state index in [0.29, 0.717) is 11.3 Å². The van der Waals surface area contributed by atoms with E-state index in [1.807, 2.05) is 25.1 Å². The van der Waals surface area contributed by atoms with Gasteiger partial charge in [-0.05, 0) is 24.8 Å². The predicted molar refractivity (Wildman–Crippen MR) is 79.5 cm³/mol. The normalized spacial score (nSPS) is 16.6. The van der Waals surface area contributed by atoms with Crippen LogP contribution in [0.2, 0.25) is 0 Å². The van der Waals surface area contributed by atoms with Crippen molar-refractivity contribution < 1.29 is 9.90 Å². The molecule has 0 atom stereocenters. The van der Waals surface area contributed by atoms with Gasteiger partial charge < -0.3 is 5.11 Å². The molecule has 0 radical (unpaired) electrons. The van der Waals surface area contributed by atoms with Crippen LogP contribution in [0, 0.1) is 0 Å². The van der Waals surface area contributed by atoms with Crippen LogP contribution < -0.4 is 0 Å². The van der Waals surface area contributed by atoms with Crippen LogP contribution >= 0.6 is 11.3 Å². The summed E-state index contributed by atoms with van der Waals surface area (Å²) in [6.45, 7) is 1.96. The number of aromatic nitrogens is 1. The van der Waals surface area contributed by atoms with E-state index < -0.39 is 5.97 Å². The second kappa shape index (κ2) is 5.02. The Morgan fingerprint density at radius 1 is 1.35 bits per heavy atom. The van der Waals surface area contributed by atoms with Crippen molar-refractivity contribution in [3.63, 3.8) is 0 Å². The molecule has 1 heterocycles. The fraction of sp³-hybridized carbons (Fsp3) is 0.375. The Morgan fingerprint density at radius 3 is 2.50 bits per heavy atom. The Morgan fingerprint density at radius 2 is 2.05 bits per heavy atom. The first-order chi connectivity index (χ1) is 9.67. The van der Waals surface area contributed by atoms with Gasteiger partial charge in [-0.25, -0.2) is 9.78 Å². The lowest BCUT2D eigenvalue weighted by Gasteiger charge is -2.40. The zero-order valence-corrected chi connectivity index (χ0v) is 12.2. The van der Waals surface area contributed by atoms with Gasteiger partial charge >= 0.3 is 5.97 Å². The van der Waals surface area contributed by atoms with Crippen molar-refractivity contribution in [2.75, 3.05) is 0 Å². The summed E-state index contributed by atoms with van der Waals surface area (Å²) in [5.74, 6) is -0.854. The summed E-state index contributed by atoms with van der Waals surface area (Å²) in [4.78, 5) is 16.4. The molecular formula is C16H17NO2S. The Bertz CT molecular complexity index is 629. The van der Waals surface area contributed by atoms with Gasteiger partial charge in [0, 0.05) is 5.41 Å². The molecule has 1 N–H and O–H groups in total. The Balaban J connectivity index is 2.09. The Labute approximate surface area is 122 Å². The molecule has 0 spiro atoms. The third-order valence-electron chi connectivity index (χ3n) is 4.17. The second-order valence-electron chi connectivity index (χ2n) is 5.26. The highest BCUT2D eigenvalue weighted by Gasteiger charge is 2.43. The molecule has 1 saturated carbocycles. The van der Waals surface area contributed by atoms with Crippen LogP contribution in [0.4, 0.5) is 0 Å². The van der Waals surface area contributed by atoms with E-state index in [9.17, 15) is 9.90 Å². The molecule has 1 aliphatic carbocycles. The third-order valence-corrected chi connectivity index (χ3v) is 5.46. The second-order valence-corrected chi connectivity index (χ2v) is 6.25. The van der Waals surface area contributed by atoms with E-state index in [-0.39, 0.29) is 5.41 Å². The number of aromatic carboxylic acids is 1. The molecule has 0 saturated heterocycles. The van der Waals surface area contributed by atoms with E-state index in [1.165, 1.54) is 23.3 Å². The van der Waals surface area contributed by atoms with Crippen molar-refractivity contribution in [3.05, 3.63) is 51.5 Å². The molecule has 2 aromatic rings. The highest BCUT2D eigenvalue weighted by atomic mass is 32.1. The molecule has 20 heavy (non-hydrogen) atoms. The zero-order valence-electron chi connectivity index (χ0n) is 11.4.